The molecule has 3 rings (SSSR count). The molecular weight excluding hydrogens is 252 g/mol. The van der Waals surface area contributed by atoms with Crippen molar-refractivity contribution in [2.45, 2.75) is 19.4 Å². The van der Waals surface area contributed by atoms with Crippen molar-refractivity contribution in [3.05, 3.63) is 53.1 Å². The van der Waals surface area contributed by atoms with Gasteiger partial charge in [0.05, 0.1) is 0 Å². The normalized spacial score (nSPS) is 16.6. The Morgan fingerprint density at radius 1 is 1.20 bits per heavy atom. The van der Waals surface area contributed by atoms with Crippen LogP contribution in [0.3, 0.4) is 0 Å². The van der Waals surface area contributed by atoms with Crippen molar-refractivity contribution in [1.29, 1.82) is 0 Å². The van der Waals surface area contributed by atoms with Gasteiger partial charge in [0.25, 0.3) is 0 Å². The fourth-order valence-corrected chi connectivity index (χ4v) is 2.51. The summed E-state index contributed by atoms with van der Waals surface area (Å²) in [7, 11) is 0. The minimum atomic E-state index is -0.0927. The van der Waals surface area contributed by atoms with Gasteiger partial charge in [0.1, 0.15) is 11.9 Å². The predicted octanol–water partition coefficient (Wildman–Crippen LogP) is 2.41. The maximum atomic E-state index is 12.5. The molecule has 0 radical (unpaired) electrons. The maximum Gasteiger partial charge on any atom is 0.195 e. The number of hydrogen-bond acceptors (Lipinski definition) is 4. The third-order valence-electron chi connectivity index (χ3n) is 3.48. The first kappa shape index (κ1) is 12.5. The van der Waals surface area contributed by atoms with Gasteiger partial charge in [-0.05, 0) is 48.9 Å². The van der Waals surface area contributed by atoms with Crippen molar-refractivity contribution < 1.29 is 9.53 Å². The lowest BCUT2D eigenvalue weighted by Crippen LogP contribution is -2.06. The molecule has 1 aliphatic rings. The number of nitrogen functional groups attached to an aromatic ring is 2. The van der Waals surface area contributed by atoms with Crippen LogP contribution in [0.15, 0.2) is 36.4 Å². The molecule has 0 fully saturated rings. The number of ether oxygens (including phenoxy) is 1. The molecule has 0 aromatic heterocycles. The molecule has 4 nitrogen and oxygen atoms in total. The summed E-state index contributed by atoms with van der Waals surface area (Å²) < 4.78 is 5.63. The molecule has 1 unspecified atom stereocenters. The third kappa shape index (κ3) is 2.09. The van der Waals surface area contributed by atoms with Gasteiger partial charge in [0.15, 0.2) is 5.78 Å². The highest BCUT2D eigenvalue weighted by Crippen LogP contribution is 2.30. The van der Waals surface area contributed by atoms with Crippen LogP contribution < -0.4 is 16.2 Å². The van der Waals surface area contributed by atoms with E-state index in [2.05, 4.69) is 0 Å². The molecular formula is C16H16N2O2. The van der Waals surface area contributed by atoms with Crippen LogP contribution in [-0.2, 0) is 6.42 Å². The van der Waals surface area contributed by atoms with E-state index in [-0.39, 0.29) is 11.9 Å². The summed E-state index contributed by atoms with van der Waals surface area (Å²) in [6.45, 7) is 2.01. The molecule has 102 valence electrons. The van der Waals surface area contributed by atoms with E-state index in [4.69, 9.17) is 16.2 Å². The summed E-state index contributed by atoms with van der Waals surface area (Å²) in [5, 5.41) is 0. The second-order valence-corrected chi connectivity index (χ2v) is 5.13. The Labute approximate surface area is 117 Å². The van der Waals surface area contributed by atoms with Gasteiger partial charge in [0.2, 0.25) is 0 Å². The monoisotopic (exact) mass is 268 g/mol. The Kier molecular flexibility index (Phi) is 2.86. The molecule has 2 aromatic carbocycles. The van der Waals surface area contributed by atoms with Crippen LogP contribution in [0.2, 0.25) is 0 Å². The van der Waals surface area contributed by atoms with E-state index in [0.29, 0.717) is 22.5 Å². The van der Waals surface area contributed by atoms with Gasteiger partial charge >= 0.3 is 0 Å². The van der Waals surface area contributed by atoms with Gasteiger partial charge in [-0.15, -0.1) is 0 Å². The summed E-state index contributed by atoms with van der Waals surface area (Å²) in [5.41, 5.74) is 14.6. The zero-order valence-corrected chi connectivity index (χ0v) is 11.2. The zero-order chi connectivity index (χ0) is 14.3. The molecule has 1 aliphatic heterocycles. The average molecular weight is 268 g/mol. The number of carbonyl (C=O) groups is 1. The number of anilines is 2. The standard InChI is InChI=1S/C16H16N2O2/c1-9-6-11-7-10(2-5-15(11)20-9)16(19)13-4-3-12(17)8-14(13)18/h2-5,7-9H,6,17-18H2,1H3. The van der Waals surface area contributed by atoms with Crippen molar-refractivity contribution in [2.75, 3.05) is 11.5 Å². The first-order valence-corrected chi connectivity index (χ1v) is 6.54. The van der Waals surface area contributed by atoms with Crippen molar-refractivity contribution >= 4 is 17.2 Å². The van der Waals surface area contributed by atoms with Crippen LogP contribution in [0, 0.1) is 0 Å². The molecule has 4 heteroatoms. The highest BCUT2D eigenvalue weighted by Gasteiger charge is 2.21. The van der Waals surface area contributed by atoms with Crippen LogP contribution in [-0.4, -0.2) is 11.9 Å². The molecule has 0 saturated carbocycles. The summed E-state index contributed by atoms with van der Waals surface area (Å²) in [5.74, 6) is 0.768. The molecule has 0 spiro atoms. The van der Waals surface area contributed by atoms with E-state index in [1.165, 1.54) is 0 Å². The van der Waals surface area contributed by atoms with E-state index in [1.54, 1.807) is 24.3 Å². The van der Waals surface area contributed by atoms with Crippen LogP contribution in [0.4, 0.5) is 11.4 Å². The first-order valence-electron chi connectivity index (χ1n) is 6.54. The van der Waals surface area contributed by atoms with Crippen LogP contribution >= 0.6 is 0 Å². The van der Waals surface area contributed by atoms with Gasteiger partial charge in [-0.2, -0.15) is 0 Å². The summed E-state index contributed by atoms with van der Waals surface area (Å²) in [6, 6.07) is 10.5. The van der Waals surface area contributed by atoms with Crippen molar-refractivity contribution in [2.24, 2.45) is 0 Å². The first-order chi connectivity index (χ1) is 9.54. The zero-order valence-electron chi connectivity index (χ0n) is 11.2. The number of fused-ring (bicyclic) bond motifs is 1. The van der Waals surface area contributed by atoms with Gasteiger partial charge in [0, 0.05) is 28.9 Å². The predicted molar refractivity (Wildman–Crippen MR) is 78.9 cm³/mol. The quantitative estimate of drug-likeness (QED) is 0.647. The smallest absolute Gasteiger partial charge is 0.195 e. The number of nitrogens with two attached hydrogens (primary N) is 2. The molecule has 2 aromatic rings. The molecule has 0 bridgehead atoms. The second-order valence-electron chi connectivity index (χ2n) is 5.13. The van der Waals surface area contributed by atoms with Crippen LogP contribution in [0.25, 0.3) is 0 Å². The van der Waals surface area contributed by atoms with Gasteiger partial charge in [-0.3, -0.25) is 4.79 Å². The molecule has 0 aliphatic carbocycles. The number of benzene rings is 2. The lowest BCUT2D eigenvalue weighted by molar-refractivity contribution is 0.103. The Bertz CT molecular complexity index is 695. The van der Waals surface area contributed by atoms with E-state index >= 15 is 0 Å². The highest BCUT2D eigenvalue weighted by atomic mass is 16.5. The number of hydrogen-bond donors (Lipinski definition) is 2. The summed E-state index contributed by atoms with van der Waals surface area (Å²) in [4.78, 5) is 12.5. The van der Waals surface area contributed by atoms with Gasteiger partial charge < -0.3 is 16.2 Å². The van der Waals surface area contributed by atoms with Crippen LogP contribution in [0.1, 0.15) is 28.4 Å². The summed E-state index contributed by atoms with van der Waals surface area (Å²) in [6.07, 6.45) is 0.991. The lowest BCUT2D eigenvalue weighted by atomic mass is 9.98. The van der Waals surface area contributed by atoms with E-state index in [9.17, 15) is 4.79 Å². The van der Waals surface area contributed by atoms with Crippen LogP contribution in [0.5, 0.6) is 5.75 Å². The third-order valence-corrected chi connectivity index (χ3v) is 3.48. The molecule has 0 saturated heterocycles. The molecule has 1 heterocycles. The number of rotatable bonds is 2. The van der Waals surface area contributed by atoms with E-state index in [1.807, 2.05) is 19.1 Å². The van der Waals surface area contributed by atoms with E-state index in [0.717, 1.165) is 17.7 Å². The summed E-state index contributed by atoms with van der Waals surface area (Å²) >= 11 is 0. The van der Waals surface area contributed by atoms with Gasteiger partial charge in [-0.25, -0.2) is 0 Å². The number of carbonyl (C=O) groups excluding carboxylic acids is 1. The largest absolute Gasteiger partial charge is 0.490 e. The minimum Gasteiger partial charge on any atom is -0.490 e. The Morgan fingerprint density at radius 3 is 2.75 bits per heavy atom. The average Bonchev–Trinajstić information content (AvgIpc) is 2.77. The lowest BCUT2D eigenvalue weighted by Gasteiger charge is -2.07. The van der Waals surface area contributed by atoms with Crippen molar-refractivity contribution in [3.63, 3.8) is 0 Å². The van der Waals surface area contributed by atoms with Gasteiger partial charge in [-0.1, -0.05) is 0 Å². The number of ketones is 1. The minimum absolute atomic E-state index is 0.0927. The molecule has 0 amide bonds. The van der Waals surface area contributed by atoms with Crippen molar-refractivity contribution in [1.82, 2.24) is 0 Å². The highest BCUT2D eigenvalue weighted by molar-refractivity contribution is 6.12. The Balaban J connectivity index is 1.97. The molecule has 20 heavy (non-hydrogen) atoms. The molecule has 4 N–H and O–H groups in total. The van der Waals surface area contributed by atoms with E-state index < -0.39 is 0 Å². The SMILES string of the molecule is CC1Cc2cc(C(=O)c3ccc(N)cc3N)ccc2O1. The topological polar surface area (TPSA) is 78.3 Å². The molecule has 1 atom stereocenters. The van der Waals surface area contributed by atoms with Crippen molar-refractivity contribution in [3.8, 4) is 5.75 Å². The fourth-order valence-electron chi connectivity index (χ4n) is 2.51. The maximum absolute atomic E-state index is 12.5. The Hall–Kier alpha value is -2.49. The fraction of sp³-hybridized carbons (Fsp3) is 0.188. The Morgan fingerprint density at radius 2 is 2.00 bits per heavy atom. The second kappa shape index (κ2) is 4.56.